The first kappa shape index (κ1) is 14.3. The molecule has 0 aliphatic rings. The fourth-order valence-electron chi connectivity index (χ4n) is 1.22. The normalized spacial score (nSPS) is 11.1. The van der Waals surface area contributed by atoms with E-state index in [4.69, 9.17) is 39.5 Å². The molecule has 0 N–H and O–H groups in total. The quantitative estimate of drug-likeness (QED) is 0.487. The second-order valence-corrected chi connectivity index (χ2v) is 5.37. The Morgan fingerprint density at radius 3 is 2.18 bits per heavy atom. The molecule has 0 fully saturated rings. The molecule has 1 aromatic rings. The highest BCUT2D eigenvalue weighted by Gasteiger charge is 2.34. The van der Waals surface area contributed by atoms with Crippen molar-refractivity contribution in [1.29, 1.82) is 0 Å². The summed E-state index contributed by atoms with van der Waals surface area (Å²) >= 11 is 16.5. The highest BCUT2D eigenvalue weighted by Crippen LogP contribution is 2.31. The van der Waals surface area contributed by atoms with Gasteiger partial charge in [0.25, 0.3) is 3.79 Å². The predicted octanol–water partition coefficient (Wildman–Crippen LogP) is 3.42. The summed E-state index contributed by atoms with van der Waals surface area (Å²) in [6.07, 6.45) is 0. The monoisotopic (exact) mass is 294 g/mol. The van der Waals surface area contributed by atoms with Gasteiger partial charge in [-0.2, -0.15) is 0 Å². The van der Waals surface area contributed by atoms with E-state index in [0.29, 0.717) is 0 Å². The van der Waals surface area contributed by atoms with Gasteiger partial charge in [-0.1, -0.05) is 53.0 Å². The summed E-state index contributed by atoms with van der Waals surface area (Å²) in [6.45, 7) is 1.87. The molecule has 0 aromatic heterocycles. The lowest BCUT2D eigenvalue weighted by Gasteiger charge is -2.12. The molecule has 0 unspecified atom stereocenters. The Hall–Kier alpha value is -0.770. The molecule has 0 atom stereocenters. The van der Waals surface area contributed by atoms with E-state index in [9.17, 15) is 9.59 Å². The maximum atomic E-state index is 11.8. The van der Waals surface area contributed by atoms with E-state index < -0.39 is 15.5 Å². The second kappa shape index (κ2) is 5.71. The zero-order valence-corrected chi connectivity index (χ0v) is 11.1. The third-order valence-electron chi connectivity index (χ3n) is 1.92. The van der Waals surface area contributed by atoms with Crippen LogP contribution in [0.4, 0.5) is 0 Å². The van der Waals surface area contributed by atoms with E-state index in [0.717, 1.165) is 0 Å². The van der Waals surface area contributed by atoms with E-state index in [1.54, 1.807) is 19.1 Å². The second-order valence-electron chi connectivity index (χ2n) is 3.09. The molecule has 0 spiro atoms. The van der Waals surface area contributed by atoms with Crippen molar-refractivity contribution < 1.29 is 14.3 Å². The fraction of sp³-hybridized carbons (Fsp3) is 0.273. The van der Waals surface area contributed by atoms with Gasteiger partial charge in [0.2, 0.25) is 5.78 Å². The number of rotatable bonds is 3. The average molecular weight is 296 g/mol. The van der Waals surface area contributed by atoms with Gasteiger partial charge >= 0.3 is 5.97 Å². The molecule has 0 aliphatic heterocycles. The number of ether oxygens (including phenoxy) is 1. The summed E-state index contributed by atoms with van der Waals surface area (Å²) in [5.74, 6) is -1.38. The number of benzene rings is 1. The maximum Gasteiger partial charge on any atom is 0.338 e. The Morgan fingerprint density at radius 2 is 1.71 bits per heavy atom. The first-order chi connectivity index (χ1) is 7.88. The van der Waals surface area contributed by atoms with Crippen LogP contribution < -0.4 is 0 Å². The standard InChI is InChI=1S/C11H9Cl3O3/c1-2-17-10(16)8-6-4-3-5-7(8)9(15)11(12,13)14/h3-6H,2H2,1H3. The molecule has 6 heteroatoms. The number of carbonyl (C=O) groups is 2. The minimum Gasteiger partial charge on any atom is -0.462 e. The van der Waals surface area contributed by atoms with Crippen LogP contribution in [0, 0.1) is 0 Å². The molecular weight excluding hydrogens is 286 g/mol. The molecule has 0 radical (unpaired) electrons. The summed E-state index contributed by atoms with van der Waals surface area (Å²) in [6, 6.07) is 6.03. The highest BCUT2D eigenvalue weighted by molar-refractivity contribution is 6.77. The molecule has 3 nitrogen and oxygen atoms in total. The molecule has 17 heavy (non-hydrogen) atoms. The zero-order valence-electron chi connectivity index (χ0n) is 8.88. The maximum absolute atomic E-state index is 11.8. The van der Waals surface area contributed by atoms with Crippen molar-refractivity contribution in [3.63, 3.8) is 0 Å². The van der Waals surface area contributed by atoms with Crippen LogP contribution >= 0.6 is 34.8 Å². The minimum atomic E-state index is -2.09. The summed E-state index contributed by atoms with van der Waals surface area (Å²) < 4.78 is 2.72. The van der Waals surface area contributed by atoms with Crippen LogP contribution in [-0.2, 0) is 4.74 Å². The topological polar surface area (TPSA) is 43.4 Å². The van der Waals surface area contributed by atoms with Crippen LogP contribution in [0.5, 0.6) is 0 Å². The fourth-order valence-corrected chi connectivity index (χ4v) is 1.53. The Balaban J connectivity index is 3.17. The van der Waals surface area contributed by atoms with Crippen LogP contribution in [0.3, 0.4) is 0 Å². The van der Waals surface area contributed by atoms with Crippen LogP contribution in [0.15, 0.2) is 24.3 Å². The SMILES string of the molecule is CCOC(=O)c1ccccc1C(=O)C(Cl)(Cl)Cl. The predicted molar refractivity (Wildman–Crippen MR) is 67.0 cm³/mol. The van der Waals surface area contributed by atoms with E-state index in [1.807, 2.05) is 0 Å². The van der Waals surface area contributed by atoms with Crippen LogP contribution in [0.1, 0.15) is 27.6 Å². The first-order valence-corrected chi connectivity index (χ1v) is 5.89. The van der Waals surface area contributed by atoms with Crippen molar-refractivity contribution in [3.05, 3.63) is 35.4 Å². The van der Waals surface area contributed by atoms with Gasteiger partial charge in [0.1, 0.15) is 0 Å². The van der Waals surface area contributed by atoms with Crippen molar-refractivity contribution in [3.8, 4) is 0 Å². The van der Waals surface area contributed by atoms with Crippen LogP contribution in [0.2, 0.25) is 0 Å². The summed E-state index contributed by atoms with van der Waals surface area (Å²) in [7, 11) is 0. The van der Waals surface area contributed by atoms with Crippen molar-refractivity contribution in [1.82, 2.24) is 0 Å². The number of alkyl halides is 3. The van der Waals surface area contributed by atoms with Gasteiger partial charge in [0.15, 0.2) is 0 Å². The number of Topliss-reactive ketones (excluding diaryl/α,β-unsaturated/α-hetero) is 1. The number of halogens is 3. The molecule has 0 aliphatic carbocycles. The lowest BCUT2D eigenvalue weighted by molar-refractivity contribution is 0.0523. The zero-order chi connectivity index (χ0) is 13.1. The van der Waals surface area contributed by atoms with Crippen molar-refractivity contribution in [2.45, 2.75) is 10.7 Å². The Morgan fingerprint density at radius 1 is 1.18 bits per heavy atom. The smallest absolute Gasteiger partial charge is 0.338 e. The minimum absolute atomic E-state index is 0.0333. The van der Waals surface area contributed by atoms with Crippen molar-refractivity contribution in [2.24, 2.45) is 0 Å². The van der Waals surface area contributed by atoms with Gasteiger partial charge in [0, 0.05) is 5.56 Å². The van der Waals surface area contributed by atoms with Gasteiger partial charge < -0.3 is 4.74 Å². The molecule has 0 bridgehead atoms. The summed E-state index contributed by atoms with van der Waals surface area (Å²) in [4.78, 5) is 23.4. The number of esters is 1. The summed E-state index contributed by atoms with van der Waals surface area (Å²) in [5.41, 5.74) is 0.122. The van der Waals surface area contributed by atoms with Gasteiger partial charge in [-0.25, -0.2) is 4.79 Å². The molecule has 0 saturated carbocycles. The number of carbonyl (C=O) groups excluding carboxylic acids is 2. The van der Waals surface area contributed by atoms with E-state index in [-0.39, 0.29) is 17.7 Å². The third kappa shape index (κ3) is 3.60. The number of ketones is 1. The molecule has 1 rings (SSSR count). The van der Waals surface area contributed by atoms with E-state index in [1.165, 1.54) is 12.1 Å². The largest absolute Gasteiger partial charge is 0.462 e. The molecule has 1 aromatic carbocycles. The third-order valence-corrected chi connectivity index (χ3v) is 2.44. The first-order valence-electron chi connectivity index (χ1n) is 4.75. The number of hydrogen-bond donors (Lipinski definition) is 0. The summed E-state index contributed by atoms with van der Waals surface area (Å²) in [5, 5.41) is 0. The van der Waals surface area contributed by atoms with Crippen molar-refractivity contribution >= 4 is 46.6 Å². The highest BCUT2D eigenvalue weighted by atomic mass is 35.6. The Bertz CT molecular complexity index is 438. The van der Waals surface area contributed by atoms with Crippen LogP contribution in [0.25, 0.3) is 0 Å². The molecule has 0 amide bonds. The van der Waals surface area contributed by atoms with Gasteiger partial charge in [-0.15, -0.1) is 0 Å². The van der Waals surface area contributed by atoms with E-state index in [2.05, 4.69) is 0 Å². The van der Waals surface area contributed by atoms with Gasteiger partial charge in [-0.3, -0.25) is 4.79 Å². The Labute approximate surface area is 114 Å². The van der Waals surface area contributed by atoms with Gasteiger partial charge in [-0.05, 0) is 13.0 Å². The molecular formula is C11H9Cl3O3. The number of hydrogen-bond acceptors (Lipinski definition) is 3. The lowest BCUT2D eigenvalue weighted by atomic mass is 10.0. The lowest BCUT2D eigenvalue weighted by Crippen LogP contribution is -2.22. The van der Waals surface area contributed by atoms with Crippen molar-refractivity contribution in [2.75, 3.05) is 6.61 Å². The Kier molecular flexibility index (Phi) is 4.80. The molecule has 0 saturated heterocycles. The average Bonchev–Trinajstić information content (AvgIpc) is 2.27. The van der Waals surface area contributed by atoms with E-state index >= 15 is 0 Å². The molecule has 92 valence electrons. The van der Waals surface area contributed by atoms with Gasteiger partial charge in [0.05, 0.1) is 12.2 Å². The molecule has 0 heterocycles. The van der Waals surface area contributed by atoms with Crippen LogP contribution in [-0.4, -0.2) is 22.2 Å².